The maximum absolute atomic E-state index is 11.2. The molecule has 0 saturated carbocycles. The van der Waals surface area contributed by atoms with Gasteiger partial charge in [0, 0.05) is 7.05 Å². The standard InChI is InChI=1S/C9H7NO2.C2H6/c1-10-7-5-3-2-4-6(7)8(11)9(10)12;1-2/h2-5H,1H3;1-2H3. The van der Waals surface area contributed by atoms with Crippen molar-refractivity contribution in [1.82, 2.24) is 0 Å². The number of hydrogen-bond donors (Lipinski definition) is 0. The molecule has 1 amide bonds. The molecule has 0 saturated heterocycles. The lowest BCUT2D eigenvalue weighted by atomic mass is 10.1. The van der Waals surface area contributed by atoms with Gasteiger partial charge in [0.15, 0.2) is 0 Å². The topological polar surface area (TPSA) is 37.4 Å². The zero-order valence-electron chi connectivity index (χ0n) is 8.57. The molecule has 14 heavy (non-hydrogen) atoms. The van der Waals surface area contributed by atoms with E-state index < -0.39 is 11.7 Å². The molecule has 0 unspecified atom stereocenters. The van der Waals surface area contributed by atoms with Crippen LogP contribution >= 0.6 is 0 Å². The molecule has 0 aliphatic carbocycles. The Bertz CT molecular complexity index is 371. The second-order valence-electron chi connectivity index (χ2n) is 2.71. The molecule has 0 aromatic heterocycles. The fraction of sp³-hybridized carbons (Fsp3) is 0.273. The fourth-order valence-corrected chi connectivity index (χ4v) is 1.34. The summed E-state index contributed by atoms with van der Waals surface area (Å²) < 4.78 is 0. The quantitative estimate of drug-likeness (QED) is 0.587. The zero-order valence-corrected chi connectivity index (χ0v) is 8.57. The summed E-state index contributed by atoms with van der Waals surface area (Å²) in [4.78, 5) is 23.7. The first kappa shape index (κ1) is 10.4. The van der Waals surface area contributed by atoms with Gasteiger partial charge in [0.25, 0.3) is 11.7 Å². The summed E-state index contributed by atoms with van der Waals surface area (Å²) in [6, 6.07) is 6.99. The van der Waals surface area contributed by atoms with Crippen LogP contribution in [0.15, 0.2) is 24.3 Å². The molecule has 74 valence electrons. The van der Waals surface area contributed by atoms with Crippen LogP contribution in [-0.4, -0.2) is 18.7 Å². The fourth-order valence-electron chi connectivity index (χ4n) is 1.34. The van der Waals surface area contributed by atoms with Gasteiger partial charge in [-0.3, -0.25) is 9.59 Å². The van der Waals surface area contributed by atoms with Crippen molar-refractivity contribution >= 4 is 17.4 Å². The third kappa shape index (κ3) is 1.41. The molecule has 0 bridgehead atoms. The summed E-state index contributed by atoms with van der Waals surface area (Å²) in [6.45, 7) is 4.00. The van der Waals surface area contributed by atoms with Gasteiger partial charge in [0.2, 0.25) is 0 Å². The molecule has 1 heterocycles. The predicted octanol–water partition coefficient (Wildman–Crippen LogP) is 1.87. The Kier molecular flexibility index (Phi) is 3.02. The van der Waals surface area contributed by atoms with Gasteiger partial charge in [-0.05, 0) is 12.1 Å². The van der Waals surface area contributed by atoms with Gasteiger partial charge in [0.05, 0.1) is 11.3 Å². The molecule has 3 nitrogen and oxygen atoms in total. The van der Waals surface area contributed by atoms with Crippen molar-refractivity contribution in [3.8, 4) is 0 Å². The highest BCUT2D eigenvalue weighted by molar-refractivity contribution is 6.52. The molecule has 1 aromatic rings. The Balaban J connectivity index is 0.000000461. The molecule has 0 N–H and O–H groups in total. The number of Topliss-reactive ketones (excluding diaryl/α,β-unsaturated/α-hetero) is 1. The van der Waals surface area contributed by atoms with Gasteiger partial charge < -0.3 is 4.90 Å². The van der Waals surface area contributed by atoms with Gasteiger partial charge in [-0.2, -0.15) is 0 Å². The van der Waals surface area contributed by atoms with Crippen LogP contribution < -0.4 is 4.90 Å². The first-order valence-corrected chi connectivity index (χ1v) is 4.63. The highest BCUT2D eigenvalue weighted by atomic mass is 16.2. The number of nitrogens with zero attached hydrogens (tertiary/aromatic N) is 1. The number of hydrogen-bond acceptors (Lipinski definition) is 2. The Labute approximate surface area is 83.3 Å². The van der Waals surface area contributed by atoms with Gasteiger partial charge in [0.1, 0.15) is 0 Å². The Hall–Kier alpha value is -1.64. The van der Waals surface area contributed by atoms with Gasteiger partial charge in [-0.25, -0.2) is 0 Å². The zero-order chi connectivity index (χ0) is 10.7. The van der Waals surface area contributed by atoms with Gasteiger partial charge in [-0.15, -0.1) is 0 Å². The first-order chi connectivity index (χ1) is 6.72. The summed E-state index contributed by atoms with van der Waals surface area (Å²) >= 11 is 0. The van der Waals surface area contributed by atoms with Crippen LogP contribution in [0.1, 0.15) is 24.2 Å². The number of anilines is 1. The molecule has 0 atom stereocenters. The van der Waals surface area contributed by atoms with Crippen LogP contribution in [0.4, 0.5) is 5.69 Å². The van der Waals surface area contributed by atoms with Crippen molar-refractivity contribution in [3.63, 3.8) is 0 Å². The predicted molar refractivity (Wildman–Crippen MR) is 55.5 cm³/mol. The number of benzene rings is 1. The number of fused-ring (bicyclic) bond motifs is 1. The third-order valence-corrected chi connectivity index (χ3v) is 2.01. The number of amides is 1. The number of carbonyl (C=O) groups is 2. The second-order valence-corrected chi connectivity index (χ2v) is 2.71. The van der Waals surface area contributed by atoms with Crippen molar-refractivity contribution in [2.45, 2.75) is 13.8 Å². The van der Waals surface area contributed by atoms with E-state index in [0.29, 0.717) is 11.3 Å². The molecular formula is C11H13NO2. The summed E-state index contributed by atoms with van der Waals surface area (Å²) in [7, 11) is 1.60. The summed E-state index contributed by atoms with van der Waals surface area (Å²) in [5.41, 5.74) is 1.21. The maximum Gasteiger partial charge on any atom is 0.299 e. The van der Waals surface area contributed by atoms with Crippen molar-refractivity contribution < 1.29 is 9.59 Å². The normalized spacial score (nSPS) is 13.5. The molecule has 1 aliphatic rings. The van der Waals surface area contributed by atoms with E-state index in [1.54, 1.807) is 31.3 Å². The highest BCUT2D eigenvalue weighted by Crippen LogP contribution is 2.26. The molecule has 0 fully saturated rings. The molecule has 0 spiro atoms. The summed E-state index contributed by atoms with van der Waals surface area (Å²) in [5, 5.41) is 0. The number of carbonyl (C=O) groups excluding carboxylic acids is 2. The first-order valence-electron chi connectivity index (χ1n) is 4.63. The highest BCUT2D eigenvalue weighted by Gasteiger charge is 2.32. The average Bonchev–Trinajstić information content (AvgIpc) is 2.48. The van der Waals surface area contributed by atoms with E-state index in [1.165, 1.54) is 4.90 Å². The lowest BCUT2D eigenvalue weighted by molar-refractivity contribution is -0.114. The second kappa shape index (κ2) is 4.05. The van der Waals surface area contributed by atoms with E-state index in [9.17, 15) is 9.59 Å². The van der Waals surface area contributed by atoms with E-state index in [2.05, 4.69) is 0 Å². The Morgan fingerprint density at radius 1 is 1.07 bits per heavy atom. The third-order valence-electron chi connectivity index (χ3n) is 2.01. The van der Waals surface area contributed by atoms with E-state index in [-0.39, 0.29) is 0 Å². The van der Waals surface area contributed by atoms with Crippen LogP contribution in [0.5, 0.6) is 0 Å². The number of rotatable bonds is 0. The molecule has 2 rings (SSSR count). The van der Waals surface area contributed by atoms with Crippen LogP contribution in [0.25, 0.3) is 0 Å². The van der Waals surface area contributed by atoms with Crippen LogP contribution in [0.2, 0.25) is 0 Å². The maximum atomic E-state index is 11.2. The van der Waals surface area contributed by atoms with Crippen LogP contribution in [-0.2, 0) is 4.79 Å². The molecule has 1 aromatic carbocycles. The molecule has 0 radical (unpaired) electrons. The van der Waals surface area contributed by atoms with E-state index in [0.717, 1.165) is 0 Å². The minimum Gasteiger partial charge on any atom is -0.308 e. The smallest absolute Gasteiger partial charge is 0.299 e. The Morgan fingerprint density at radius 2 is 1.64 bits per heavy atom. The van der Waals surface area contributed by atoms with Crippen molar-refractivity contribution in [2.24, 2.45) is 0 Å². The lowest BCUT2D eigenvalue weighted by Gasteiger charge is -2.06. The summed E-state index contributed by atoms with van der Waals surface area (Å²) in [5.74, 6) is -0.857. The Morgan fingerprint density at radius 3 is 2.21 bits per heavy atom. The number of ketones is 1. The van der Waals surface area contributed by atoms with E-state index in [4.69, 9.17) is 0 Å². The minimum atomic E-state index is -0.448. The molecule has 1 aliphatic heterocycles. The van der Waals surface area contributed by atoms with Crippen LogP contribution in [0, 0.1) is 0 Å². The van der Waals surface area contributed by atoms with E-state index >= 15 is 0 Å². The van der Waals surface area contributed by atoms with Crippen molar-refractivity contribution in [1.29, 1.82) is 0 Å². The number of likely N-dealkylation sites (N-methyl/N-ethyl adjacent to an activating group) is 1. The SMILES string of the molecule is CC.CN1C(=O)C(=O)c2ccccc21. The number of para-hydroxylation sites is 1. The molecule has 3 heteroatoms. The molecular weight excluding hydrogens is 178 g/mol. The summed E-state index contributed by atoms with van der Waals surface area (Å²) in [6.07, 6.45) is 0. The van der Waals surface area contributed by atoms with Gasteiger partial charge in [-0.1, -0.05) is 26.0 Å². The lowest BCUT2D eigenvalue weighted by Crippen LogP contribution is -2.24. The largest absolute Gasteiger partial charge is 0.308 e. The average molecular weight is 191 g/mol. The van der Waals surface area contributed by atoms with Gasteiger partial charge >= 0.3 is 0 Å². The minimum absolute atomic E-state index is 0.409. The van der Waals surface area contributed by atoms with E-state index in [1.807, 2.05) is 13.8 Å². The monoisotopic (exact) mass is 191 g/mol. The van der Waals surface area contributed by atoms with Crippen molar-refractivity contribution in [2.75, 3.05) is 11.9 Å². The van der Waals surface area contributed by atoms with Crippen molar-refractivity contribution in [3.05, 3.63) is 29.8 Å². The van der Waals surface area contributed by atoms with Crippen LogP contribution in [0.3, 0.4) is 0 Å².